The maximum absolute atomic E-state index is 10.7. The molecule has 0 saturated heterocycles. The summed E-state index contributed by atoms with van der Waals surface area (Å²) in [5, 5.41) is 21.8. The number of nitrogens with one attached hydrogen (secondary N) is 1. The van der Waals surface area contributed by atoms with E-state index in [0.29, 0.717) is 11.3 Å². The number of carboxylic acids is 1. The molecule has 0 bridgehead atoms. The quantitative estimate of drug-likeness (QED) is 0.665. The first-order chi connectivity index (χ1) is 10.1. The molecule has 0 aromatic heterocycles. The van der Waals surface area contributed by atoms with Gasteiger partial charge >= 0.3 is 5.97 Å². The van der Waals surface area contributed by atoms with E-state index in [9.17, 15) is 4.79 Å². The highest BCUT2D eigenvalue weighted by Crippen LogP contribution is 2.10. The second-order valence-electron chi connectivity index (χ2n) is 4.38. The molecule has 0 aliphatic heterocycles. The topological polar surface area (TPSA) is 85.5 Å². The highest BCUT2D eigenvalue weighted by molar-refractivity contribution is 5.99. The van der Waals surface area contributed by atoms with E-state index in [1.807, 2.05) is 19.1 Å². The molecule has 2 N–H and O–H groups in total. The third kappa shape index (κ3) is 3.67. The van der Waals surface area contributed by atoms with Crippen molar-refractivity contribution >= 4 is 17.4 Å². The summed E-state index contributed by atoms with van der Waals surface area (Å²) in [6.07, 6.45) is 0. The van der Waals surface area contributed by atoms with Crippen LogP contribution in [0.25, 0.3) is 0 Å². The van der Waals surface area contributed by atoms with Crippen LogP contribution in [-0.4, -0.2) is 16.8 Å². The maximum Gasteiger partial charge on any atom is 0.335 e. The van der Waals surface area contributed by atoms with Crippen LogP contribution < -0.4 is 5.43 Å². The lowest BCUT2D eigenvalue weighted by molar-refractivity contribution is 0.0697. The van der Waals surface area contributed by atoms with E-state index < -0.39 is 5.97 Å². The lowest BCUT2D eigenvalue weighted by Gasteiger charge is -2.04. The zero-order valence-electron chi connectivity index (χ0n) is 11.4. The van der Waals surface area contributed by atoms with E-state index in [-0.39, 0.29) is 5.56 Å². The van der Waals surface area contributed by atoms with Crippen molar-refractivity contribution in [1.29, 1.82) is 5.26 Å². The summed E-state index contributed by atoms with van der Waals surface area (Å²) in [5.74, 6) is -0.959. The molecule has 21 heavy (non-hydrogen) atoms. The molecule has 0 spiro atoms. The Hall–Kier alpha value is -3.13. The number of anilines is 1. The summed E-state index contributed by atoms with van der Waals surface area (Å²) >= 11 is 0. The maximum atomic E-state index is 10.7. The third-order valence-corrected chi connectivity index (χ3v) is 2.92. The zero-order valence-corrected chi connectivity index (χ0v) is 11.4. The summed E-state index contributed by atoms with van der Waals surface area (Å²) < 4.78 is 0. The Morgan fingerprint density at radius 1 is 1.10 bits per heavy atom. The Morgan fingerprint density at radius 2 is 1.67 bits per heavy atom. The molecule has 2 aromatic rings. The SMILES string of the molecule is CC(=NNc1ccc(C(=O)O)cc1)c1ccc(C#N)cc1. The summed E-state index contributed by atoms with van der Waals surface area (Å²) in [6.45, 7) is 1.85. The Morgan fingerprint density at radius 3 is 2.19 bits per heavy atom. The van der Waals surface area contributed by atoms with Crippen LogP contribution in [0.1, 0.15) is 28.4 Å². The lowest BCUT2D eigenvalue weighted by atomic mass is 10.1. The first-order valence-corrected chi connectivity index (χ1v) is 6.24. The van der Waals surface area contributed by atoms with Gasteiger partial charge in [-0.1, -0.05) is 12.1 Å². The summed E-state index contributed by atoms with van der Waals surface area (Å²) in [7, 11) is 0. The minimum atomic E-state index is -0.959. The van der Waals surface area contributed by atoms with E-state index in [0.717, 1.165) is 11.3 Å². The number of hydrazone groups is 1. The van der Waals surface area contributed by atoms with Gasteiger partial charge in [-0.05, 0) is 48.9 Å². The van der Waals surface area contributed by atoms with Crippen molar-refractivity contribution < 1.29 is 9.90 Å². The van der Waals surface area contributed by atoms with Crippen LogP contribution in [0.3, 0.4) is 0 Å². The summed E-state index contributed by atoms with van der Waals surface area (Å²) in [6, 6.07) is 15.5. The first-order valence-electron chi connectivity index (χ1n) is 6.24. The molecular formula is C16H13N3O2. The highest BCUT2D eigenvalue weighted by Gasteiger charge is 2.01. The van der Waals surface area contributed by atoms with Crippen LogP contribution in [0, 0.1) is 11.3 Å². The van der Waals surface area contributed by atoms with Crippen molar-refractivity contribution in [3.05, 3.63) is 65.2 Å². The van der Waals surface area contributed by atoms with Crippen molar-refractivity contribution in [3.63, 3.8) is 0 Å². The number of hydrogen-bond acceptors (Lipinski definition) is 4. The Balaban J connectivity index is 2.08. The van der Waals surface area contributed by atoms with Gasteiger partial charge in [0.25, 0.3) is 0 Å². The predicted molar refractivity (Wildman–Crippen MR) is 80.4 cm³/mol. The average Bonchev–Trinajstić information content (AvgIpc) is 2.53. The number of carboxylic acid groups (broad SMARTS) is 1. The number of carbonyl (C=O) groups is 1. The zero-order chi connectivity index (χ0) is 15.2. The van der Waals surface area contributed by atoms with E-state index in [4.69, 9.17) is 10.4 Å². The monoisotopic (exact) mass is 279 g/mol. The van der Waals surface area contributed by atoms with Gasteiger partial charge < -0.3 is 5.11 Å². The molecule has 104 valence electrons. The Bertz CT molecular complexity index is 711. The van der Waals surface area contributed by atoms with Crippen LogP contribution in [0.4, 0.5) is 5.69 Å². The standard InChI is InChI=1S/C16H13N3O2/c1-11(13-4-2-12(10-17)3-5-13)18-19-15-8-6-14(7-9-15)16(20)21/h2-9,19H,1H3,(H,20,21). The normalized spacial score (nSPS) is 10.8. The molecule has 2 rings (SSSR count). The van der Waals surface area contributed by atoms with Crippen molar-refractivity contribution in [1.82, 2.24) is 0 Å². The third-order valence-electron chi connectivity index (χ3n) is 2.92. The van der Waals surface area contributed by atoms with Gasteiger partial charge in [0.1, 0.15) is 0 Å². The summed E-state index contributed by atoms with van der Waals surface area (Å²) in [4.78, 5) is 10.7. The number of benzene rings is 2. The molecule has 5 nitrogen and oxygen atoms in total. The molecule has 0 amide bonds. The molecule has 0 aliphatic rings. The molecule has 0 atom stereocenters. The molecule has 0 aliphatic carbocycles. The Labute approximate surface area is 122 Å². The van der Waals surface area contributed by atoms with E-state index >= 15 is 0 Å². The van der Waals surface area contributed by atoms with Gasteiger partial charge in [0.2, 0.25) is 0 Å². The molecule has 0 unspecified atom stereocenters. The van der Waals surface area contributed by atoms with Crippen LogP contribution in [-0.2, 0) is 0 Å². The van der Waals surface area contributed by atoms with Crippen molar-refractivity contribution in [2.24, 2.45) is 5.10 Å². The van der Waals surface area contributed by atoms with Crippen LogP contribution in [0.2, 0.25) is 0 Å². The van der Waals surface area contributed by atoms with Crippen molar-refractivity contribution in [3.8, 4) is 6.07 Å². The molecular weight excluding hydrogens is 266 g/mol. The van der Waals surface area contributed by atoms with Crippen molar-refractivity contribution in [2.45, 2.75) is 6.92 Å². The smallest absolute Gasteiger partial charge is 0.335 e. The fourth-order valence-electron chi connectivity index (χ4n) is 1.69. The van der Waals surface area contributed by atoms with Gasteiger partial charge in [-0.3, -0.25) is 5.43 Å². The second-order valence-corrected chi connectivity index (χ2v) is 4.38. The van der Waals surface area contributed by atoms with Gasteiger partial charge in [0.15, 0.2) is 0 Å². The fourth-order valence-corrected chi connectivity index (χ4v) is 1.69. The number of nitrogens with zero attached hydrogens (tertiary/aromatic N) is 2. The highest BCUT2D eigenvalue weighted by atomic mass is 16.4. The van der Waals surface area contributed by atoms with Gasteiger partial charge in [0.05, 0.1) is 28.6 Å². The second kappa shape index (κ2) is 6.35. The number of aromatic carboxylic acids is 1. The fraction of sp³-hybridized carbons (Fsp3) is 0.0625. The van der Waals surface area contributed by atoms with Crippen LogP contribution in [0.15, 0.2) is 53.6 Å². The molecule has 2 aromatic carbocycles. The average molecular weight is 279 g/mol. The molecule has 0 fully saturated rings. The number of hydrogen-bond donors (Lipinski definition) is 2. The first kappa shape index (κ1) is 14.3. The summed E-state index contributed by atoms with van der Waals surface area (Å²) in [5.41, 5.74) is 6.07. The predicted octanol–water partition coefficient (Wildman–Crippen LogP) is 3.09. The van der Waals surface area contributed by atoms with Crippen molar-refractivity contribution in [2.75, 3.05) is 5.43 Å². The Kier molecular flexibility index (Phi) is 4.32. The van der Waals surface area contributed by atoms with Gasteiger partial charge in [-0.2, -0.15) is 10.4 Å². The van der Waals surface area contributed by atoms with Crippen LogP contribution in [0.5, 0.6) is 0 Å². The van der Waals surface area contributed by atoms with E-state index in [1.165, 1.54) is 12.1 Å². The minimum Gasteiger partial charge on any atom is -0.478 e. The molecule has 5 heteroatoms. The van der Waals surface area contributed by atoms with E-state index in [2.05, 4.69) is 16.6 Å². The van der Waals surface area contributed by atoms with E-state index in [1.54, 1.807) is 24.3 Å². The largest absolute Gasteiger partial charge is 0.478 e. The molecule has 0 heterocycles. The van der Waals surface area contributed by atoms with Gasteiger partial charge in [-0.25, -0.2) is 4.79 Å². The number of rotatable bonds is 4. The lowest BCUT2D eigenvalue weighted by Crippen LogP contribution is -2.00. The van der Waals surface area contributed by atoms with Gasteiger partial charge in [0, 0.05) is 0 Å². The molecule has 0 saturated carbocycles. The minimum absolute atomic E-state index is 0.230. The number of nitriles is 1. The van der Waals surface area contributed by atoms with Gasteiger partial charge in [-0.15, -0.1) is 0 Å². The van der Waals surface area contributed by atoms with Crippen LogP contribution >= 0.6 is 0 Å². The molecule has 0 radical (unpaired) electrons.